The fourth-order valence-corrected chi connectivity index (χ4v) is 124. The van der Waals surface area contributed by atoms with Gasteiger partial charge in [-0.2, -0.15) is 0 Å². The van der Waals surface area contributed by atoms with Crippen molar-refractivity contribution in [3.05, 3.63) is 117 Å². The van der Waals surface area contributed by atoms with Crippen LogP contribution in [0, 0.1) is 0 Å². The quantitative estimate of drug-likeness (QED) is 0.0457. The molecule has 0 bridgehead atoms. The molecule has 0 aromatic heterocycles. The molecule has 4 atom stereocenters. The van der Waals surface area contributed by atoms with Gasteiger partial charge in [-0.3, -0.25) is 0 Å². The van der Waals surface area contributed by atoms with E-state index in [1.807, 2.05) is 43.5 Å². The van der Waals surface area contributed by atoms with Crippen LogP contribution in [0.2, 0.25) is 38.8 Å². The Morgan fingerprint density at radius 1 is 0.319 bits per heavy atom. The third kappa shape index (κ3) is 2.35. The first-order valence-corrected chi connectivity index (χ1v) is 38.4. The van der Waals surface area contributed by atoms with Crippen LogP contribution in [0.15, 0.2) is 72.8 Å². The van der Waals surface area contributed by atoms with E-state index in [9.17, 15) is 0 Å². The molecule has 4 aromatic rings. The first-order chi connectivity index (χ1) is 33.7. The minimum atomic E-state index is -4.29. The van der Waals surface area contributed by atoms with Gasteiger partial charge in [0.05, 0.1) is 0 Å². The van der Waals surface area contributed by atoms with E-state index in [4.69, 9.17) is 0 Å². The maximum atomic E-state index is 2.87. The van der Waals surface area contributed by atoms with E-state index in [0.29, 0.717) is 8.18 Å². The topological polar surface area (TPSA) is 0 Å². The van der Waals surface area contributed by atoms with Gasteiger partial charge in [0.25, 0.3) is 0 Å². The van der Waals surface area contributed by atoms with Crippen molar-refractivity contribution in [1.82, 2.24) is 0 Å². The SMILES string of the molecule is CCCCc1cccc(P(c2cccc(CCCC)c2CCCC)[C]23[CH]4[CH]5[CH]6[C]2(P(c2cccc(CCCC)c2CCCC)c2cccc(CCCC)c2CCCC)[Co]54632789[CH]3[CH]2[CH]7[CH]8[CH]39)c1CCCC. The van der Waals surface area contributed by atoms with Gasteiger partial charge in [-0.1, -0.05) is 0 Å². The van der Waals surface area contributed by atoms with Gasteiger partial charge in [-0.05, 0) is 0 Å². The molecule has 1 spiro atoms. The van der Waals surface area contributed by atoms with Crippen LogP contribution in [-0.2, 0) is 57.7 Å². The van der Waals surface area contributed by atoms with Crippen molar-refractivity contribution in [1.29, 1.82) is 0 Å². The summed E-state index contributed by atoms with van der Waals surface area (Å²) in [5, 5.41) is 7.85. The third-order valence-electron chi connectivity index (χ3n) is 26.9. The molecule has 4 aromatic carbocycles. The second kappa shape index (κ2) is 11.4. The molecule has 3 heteroatoms. The molecule has 10 saturated heterocycles. The molecule has 375 valence electrons. The number of hydrogen-bond acceptors (Lipinski definition) is 0. The predicted octanol–water partition coefficient (Wildman–Crippen LogP) is 18.2. The fraction of sp³-hybridized carbons (Fsp3) is 0.636. The molecule has 0 N–H and O–H groups in total. The Bertz CT molecular complexity index is 2720. The van der Waals surface area contributed by atoms with Gasteiger partial charge < -0.3 is 0 Å². The molecule has 0 aliphatic carbocycles. The Hall–Kier alpha value is -1.75. The molecule has 10 heterocycles. The average molecular weight is 1010 g/mol. The van der Waals surface area contributed by atoms with Crippen LogP contribution in [0.3, 0.4) is 0 Å². The molecule has 10 aliphatic rings. The average Bonchev–Trinajstić information content (AvgIpc) is 4.33. The first-order valence-electron chi connectivity index (χ1n) is 29.8. The minimum absolute atomic E-state index is 0.529. The molecule has 0 radical (unpaired) electrons. The molecule has 0 saturated carbocycles. The Morgan fingerprint density at radius 3 is 0.754 bits per heavy atom. The van der Waals surface area contributed by atoms with E-state index >= 15 is 0 Å². The van der Waals surface area contributed by atoms with Crippen LogP contribution in [0.4, 0.5) is 0 Å². The molecule has 14 rings (SSSR count). The van der Waals surface area contributed by atoms with E-state index in [-0.39, 0.29) is 0 Å². The summed E-state index contributed by atoms with van der Waals surface area (Å²) in [6, 6.07) is 32.6. The molecular formula is C66H92CoP2. The maximum absolute atomic E-state index is 4.29. The summed E-state index contributed by atoms with van der Waals surface area (Å²) in [5.41, 5.74) is 14.5. The Morgan fingerprint density at radius 2 is 0.551 bits per heavy atom. The van der Waals surface area contributed by atoms with E-state index in [1.165, 1.54) is 193 Å². The van der Waals surface area contributed by atoms with Gasteiger partial charge in [0.1, 0.15) is 0 Å². The van der Waals surface area contributed by atoms with Gasteiger partial charge in [0, 0.05) is 0 Å². The van der Waals surface area contributed by atoms with Crippen molar-refractivity contribution in [3.63, 3.8) is 0 Å². The van der Waals surface area contributed by atoms with Crippen LogP contribution in [0.25, 0.3) is 0 Å². The summed E-state index contributed by atoms with van der Waals surface area (Å²) in [7, 11) is -1.06. The monoisotopic (exact) mass is 1010 g/mol. The van der Waals surface area contributed by atoms with Crippen molar-refractivity contribution < 1.29 is 6.37 Å². The molecule has 69 heavy (non-hydrogen) atoms. The van der Waals surface area contributed by atoms with E-state index in [1.54, 1.807) is 22.3 Å². The number of hydrogen-bond donors (Lipinski definition) is 0. The number of aryl methyl sites for hydroxylation is 4. The summed E-state index contributed by atoms with van der Waals surface area (Å²) in [6.45, 7) is 19.6. The summed E-state index contributed by atoms with van der Waals surface area (Å²) >= 11 is 0. The van der Waals surface area contributed by atoms with Crippen LogP contribution in [0.5, 0.6) is 0 Å². The molecule has 0 amide bonds. The number of benzene rings is 4. The standard InChI is InChI=1S/C61H87P2.C5H5.Co/c1-9-17-30-48-34-25-42-56(52(48)38-21-13-5)62(57-43-26-35-49(31-18-10-2)53(57)39-22-14-6)60-46-29-47-61(60)63(58-44-27-36-50(32-19-11-3)54(58)40-23-15-7)59-45-28-37-51(33-20-12-4)55(59)41-24-16-8;1-2-4-5-3-1;/h25-29,34-37,42-47H,9-24,30-33,38-41H2,1-8H3;1-5H;. The second-order valence-corrected chi connectivity index (χ2v) is 53.7. The Kier molecular flexibility index (Phi) is 7.58. The zero-order valence-electron chi connectivity index (χ0n) is 44.7. The molecule has 0 nitrogen and oxygen atoms in total. The van der Waals surface area contributed by atoms with Crippen molar-refractivity contribution in [3.8, 4) is 0 Å². The number of unbranched alkanes of at least 4 members (excludes halogenated alkanes) is 8. The van der Waals surface area contributed by atoms with Gasteiger partial charge in [-0.15, -0.1) is 0 Å². The molecular weight excluding hydrogens is 914 g/mol. The summed E-state index contributed by atoms with van der Waals surface area (Å²) in [4.78, 5) is 9.84. The number of fused-ring (bicyclic) bond motifs is 10. The van der Waals surface area contributed by atoms with Crippen LogP contribution in [0.1, 0.15) is 203 Å². The summed E-state index contributed by atoms with van der Waals surface area (Å²) < 4.78 is 1.27. The number of rotatable bonds is 30. The van der Waals surface area contributed by atoms with E-state index < -0.39 is 22.2 Å². The van der Waals surface area contributed by atoms with Crippen LogP contribution >= 0.6 is 15.8 Å². The summed E-state index contributed by atoms with van der Waals surface area (Å²) in [6.07, 6.45) is 27.0. The van der Waals surface area contributed by atoms with E-state index in [0.717, 1.165) is 0 Å². The molecule has 4 unspecified atom stereocenters. The Labute approximate surface area is 414 Å². The van der Waals surface area contributed by atoms with Gasteiger partial charge in [0.15, 0.2) is 0 Å². The van der Waals surface area contributed by atoms with Crippen molar-refractivity contribution >= 4 is 37.1 Å². The van der Waals surface area contributed by atoms with Crippen LogP contribution in [-0.4, -0.2) is 8.18 Å². The van der Waals surface area contributed by atoms with Crippen molar-refractivity contribution in [2.75, 3.05) is 0 Å². The summed E-state index contributed by atoms with van der Waals surface area (Å²) in [5.74, 6) is 0. The van der Waals surface area contributed by atoms with Gasteiger partial charge >= 0.3 is 417 Å². The van der Waals surface area contributed by atoms with Crippen molar-refractivity contribution in [2.24, 2.45) is 0 Å². The molecule has 10 fully saturated rings. The predicted molar refractivity (Wildman–Crippen MR) is 303 cm³/mol. The fourth-order valence-electron chi connectivity index (χ4n) is 25.8. The normalized spacial score (nSPS) is 39.5. The van der Waals surface area contributed by atoms with Gasteiger partial charge in [-0.25, -0.2) is 0 Å². The molecule has 10 aliphatic heterocycles. The second-order valence-electron chi connectivity index (χ2n) is 26.4. The van der Waals surface area contributed by atoms with E-state index in [2.05, 4.69) is 128 Å². The zero-order chi connectivity index (χ0) is 47.5. The third-order valence-corrected chi connectivity index (χ3v) is 81.1. The first kappa shape index (κ1) is 45.8. The van der Waals surface area contributed by atoms with Crippen LogP contribution < -0.4 is 21.2 Å². The van der Waals surface area contributed by atoms with Crippen molar-refractivity contribution in [2.45, 2.75) is 256 Å². The zero-order valence-corrected chi connectivity index (χ0v) is 47.6. The Balaban J connectivity index is 1.09. The van der Waals surface area contributed by atoms with Gasteiger partial charge in [0.2, 0.25) is 0 Å².